The van der Waals surface area contributed by atoms with Crippen LogP contribution in [0.4, 0.5) is 0 Å². The maximum absolute atomic E-state index is 12.8. The van der Waals surface area contributed by atoms with E-state index in [4.69, 9.17) is 0 Å². The Morgan fingerprint density at radius 2 is 0.879 bits per heavy atom. The lowest BCUT2D eigenvalue weighted by molar-refractivity contribution is -0.132. The van der Waals surface area contributed by atoms with Crippen LogP contribution in [0.15, 0.2) is 92.1 Å². The Hall–Kier alpha value is -3.80. The Labute approximate surface area is 354 Å². The molecule has 0 aromatic heterocycles. The lowest BCUT2D eigenvalue weighted by Gasteiger charge is -2.21. The first-order valence-corrected chi connectivity index (χ1v) is 22.6. The fraction of sp³-hybridized carbons (Fsp3) is 0.615. The lowest BCUT2D eigenvalue weighted by Crippen LogP contribution is -2.26. The Bertz CT molecular complexity index is 1570. The number of rotatable bonds is 24. The van der Waals surface area contributed by atoms with Gasteiger partial charge in [0.25, 0.3) is 0 Å². The van der Waals surface area contributed by atoms with Crippen molar-refractivity contribution in [2.45, 2.75) is 211 Å². The molecular weight excluding hydrogens is 721 g/mol. The van der Waals surface area contributed by atoms with Crippen LogP contribution in [0.2, 0.25) is 0 Å². The molecule has 0 heterocycles. The summed E-state index contributed by atoms with van der Waals surface area (Å²) in [6.07, 6.45) is 29.0. The Morgan fingerprint density at radius 3 is 1.31 bits per heavy atom. The Kier molecular flexibility index (Phi) is 30.0. The van der Waals surface area contributed by atoms with Gasteiger partial charge >= 0.3 is 0 Å². The highest BCUT2D eigenvalue weighted by Gasteiger charge is 2.33. The third-order valence-electron chi connectivity index (χ3n) is 10.4. The van der Waals surface area contributed by atoms with E-state index in [1.807, 2.05) is 26.0 Å². The highest BCUT2D eigenvalue weighted by molar-refractivity contribution is 6.50. The molecule has 0 aliphatic heterocycles. The molecule has 0 aromatic rings. The van der Waals surface area contributed by atoms with Gasteiger partial charge in [0.2, 0.25) is 17.3 Å². The maximum Gasteiger partial charge on any atom is 0.233 e. The van der Waals surface area contributed by atoms with Gasteiger partial charge in [-0.2, -0.15) is 0 Å². The molecule has 0 radical (unpaired) electrons. The van der Waals surface area contributed by atoms with Gasteiger partial charge in [0.15, 0.2) is 11.5 Å². The van der Waals surface area contributed by atoms with Gasteiger partial charge in [-0.25, -0.2) is 0 Å². The minimum atomic E-state index is -0.512. The van der Waals surface area contributed by atoms with Gasteiger partial charge in [-0.05, 0) is 125 Å². The van der Waals surface area contributed by atoms with Crippen molar-refractivity contribution in [1.29, 1.82) is 0 Å². The van der Waals surface area contributed by atoms with E-state index in [0.717, 1.165) is 94.6 Å². The van der Waals surface area contributed by atoms with Crippen molar-refractivity contribution in [2.24, 2.45) is 0 Å². The molecule has 2 N–H and O–H groups in total. The van der Waals surface area contributed by atoms with Crippen LogP contribution in [-0.2, 0) is 19.2 Å². The number of allylic oxidation sites excluding steroid dienone is 14. The second-order valence-corrected chi connectivity index (χ2v) is 16.5. The van der Waals surface area contributed by atoms with Gasteiger partial charge in [0.05, 0.1) is 0 Å². The van der Waals surface area contributed by atoms with Crippen molar-refractivity contribution in [3.05, 3.63) is 92.1 Å². The number of hydrogen-bond donors (Lipinski definition) is 2. The molecule has 2 aliphatic carbocycles. The lowest BCUT2D eigenvalue weighted by atomic mass is 9.82. The van der Waals surface area contributed by atoms with Gasteiger partial charge in [-0.3, -0.25) is 19.2 Å². The van der Waals surface area contributed by atoms with Crippen molar-refractivity contribution in [3.63, 3.8) is 0 Å². The zero-order chi connectivity index (χ0) is 44.0. The van der Waals surface area contributed by atoms with Gasteiger partial charge in [0.1, 0.15) is 5.76 Å². The monoisotopic (exact) mass is 803 g/mol. The largest absolute Gasteiger partial charge is 0.507 e. The highest BCUT2D eigenvalue weighted by Crippen LogP contribution is 2.33. The van der Waals surface area contributed by atoms with E-state index in [1.165, 1.54) is 42.1 Å². The number of ketones is 4. The van der Waals surface area contributed by atoms with Crippen LogP contribution in [-0.4, -0.2) is 33.3 Å². The molecule has 0 aromatic carbocycles. The molecule has 0 saturated heterocycles. The standard InChI is InChI=1S/C26H40O3.C21H30O3.C5H12/c1-6-8-10-15-21-22(16-11-9-7-2)25(28)26(29)23(24(21)27)18-17-20(5)14-12-13-19(3)4;1-5-6-7-11-17-14-19(22)18(21(24)20(17)23)13-12-16(4)10-8-9-15(2)3;1-3-5-4-2/h13,17,27H,6-12,14-16,18H2,1-5H3;9,12,14,24H,5-8,10-11,13H2,1-4H3;3-5H2,1-2H3/b20-17+;16-12+;. The minimum Gasteiger partial charge on any atom is -0.507 e. The van der Waals surface area contributed by atoms with E-state index in [9.17, 15) is 29.4 Å². The molecule has 0 unspecified atom stereocenters. The number of hydrogen-bond acceptors (Lipinski definition) is 6. The van der Waals surface area contributed by atoms with Gasteiger partial charge in [-0.15, -0.1) is 0 Å². The first-order valence-electron chi connectivity index (χ1n) is 22.6. The van der Waals surface area contributed by atoms with E-state index in [1.54, 1.807) is 0 Å². The van der Waals surface area contributed by atoms with E-state index in [0.29, 0.717) is 43.3 Å². The fourth-order valence-electron chi connectivity index (χ4n) is 6.62. The number of aliphatic hydroxyl groups excluding tert-OH is 2. The predicted octanol–water partition coefficient (Wildman–Crippen LogP) is 15.2. The first kappa shape index (κ1) is 54.2. The summed E-state index contributed by atoms with van der Waals surface area (Å²) in [4.78, 5) is 50.0. The number of carbonyl (C=O) groups is 4. The molecule has 2 aliphatic rings. The summed E-state index contributed by atoms with van der Waals surface area (Å²) in [5.74, 6) is -1.80. The second-order valence-electron chi connectivity index (χ2n) is 16.5. The summed E-state index contributed by atoms with van der Waals surface area (Å²) < 4.78 is 0. The van der Waals surface area contributed by atoms with Crippen LogP contribution in [0, 0.1) is 0 Å². The quantitative estimate of drug-likeness (QED) is 0.0331. The number of Topliss-reactive ketones (excluding diaryl/α,β-unsaturated/α-hetero) is 3. The molecular formula is C52H82O6. The molecule has 0 amide bonds. The van der Waals surface area contributed by atoms with Crippen LogP contribution in [0.1, 0.15) is 211 Å². The SMILES string of the molecule is CCCCC.CCCCCC1=C(CCCCC)C(O)=C(C/C=C(\C)CCC=C(C)C)C(=O)C1=O.CCCCCC1=CC(=O)C(C/C=C(\C)CCC=C(C)C)=C(O)C1=O. The van der Waals surface area contributed by atoms with Gasteiger partial charge in [-0.1, -0.05) is 139 Å². The molecule has 2 rings (SSSR count). The number of aliphatic hydroxyl groups is 2. The molecule has 0 spiro atoms. The van der Waals surface area contributed by atoms with E-state index in [2.05, 4.69) is 74.5 Å². The number of carbonyl (C=O) groups excluding carboxylic acids is 4. The summed E-state index contributed by atoms with van der Waals surface area (Å²) in [6, 6.07) is 0. The topological polar surface area (TPSA) is 109 Å². The maximum atomic E-state index is 12.8. The first-order chi connectivity index (χ1) is 27.6. The van der Waals surface area contributed by atoms with Crippen molar-refractivity contribution < 1.29 is 29.4 Å². The average molecular weight is 803 g/mol. The molecule has 0 saturated carbocycles. The van der Waals surface area contributed by atoms with Crippen molar-refractivity contribution in [1.82, 2.24) is 0 Å². The third-order valence-corrected chi connectivity index (χ3v) is 10.4. The molecule has 58 heavy (non-hydrogen) atoms. The van der Waals surface area contributed by atoms with Crippen LogP contribution in [0.3, 0.4) is 0 Å². The second kappa shape index (κ2) is 32.1. The minimum absolute atomic E-state index is 0.0746. The molecule has 0 bridgehead atoms. The van der Waals surface area contributed by atoms with Crippen molar-refractivity contribution in [2.75, 3.05) is 0 Å². The summed E-state index contributed by atoms with van der Waals surface area (Å²) in [6.45, 7) is 23.1. The summed E-state index contributed by atoms with van der Waals surface area (Å²) in [5.41, 5.74) is 7.15. The van der Waals surface area contributed by atoms with Crippen LogP contribution >= 0.6 is 0 Å². The fourth-order valence-corrected chi connectivity index (χ4v) is 6.62. The van der Waals surface area contributed by atoms with Crippen molar-refractivity contribution >= 4 is 23.1 Å². The molecule has 6 heteroatoms. The molecule has 6 nitrogen and oxygen atoms in total. The highest BCUT2D eigenvalue weighted by atomic mass is 16.3. The zero-order valence-corrected chi connectivity index (χ0v) is 38.8. The van der Waals surface area contributed by atoms with E-state index < -0.39 is 11.6 Å². The van der Waals surface area contributed by atoms with E-state index >= 15 is 0 Å². The summed E-state index contributed by atoms with van der Waals surface area (Å²) >= 11 is 0. The average Bonchev–Trinajstić information content (AvgIpc) is 3.17. The summed E-state index contributed by atoms with van der Waals surface area (Å²) in [7, 11) is 0. The van der Waals surface area contributed by atoms with Crippen LogP contribution in [0.25, 0.3) is 0 Å². The van der Waals surface area contributed by atoms with E-state index in [-0.39, 0.29) is 34.2 Å². The third kappa shape index (κ3) is 21.8. The van der Waals surface area contributed by atoms with Crippen LogP contribution < -0.4 is 0 Å². The number of unbranched alkanes of at least 4 members (excludes halogenated alkanes) is 8. The van der Waals surface area contributed by atoms with Crippen LogP contribution in [0.5, 0.6) is 0 Å². The zero-order valence-electron chi connectivity index (χ0n) is 38.8. The van der Waals surface area contributed by atoms with Gasteiger partial charge in [0, 0.05) is 27.9 Å². The summed E-state index contributed by atoms with van der Waals surface area (Å²) in [5, 5.41) is 21.0. The molecule has 0 fully saturated rings. The normalized spacial score (nSPS) is 14.9. The van der Waals surface area contributed by atoms with Gasteiger partial charge < -0.3 is 10.2 Å². The van der Waals surface area contributed by atoms with Crippen molar-refractivity contribution in [3.8, 4) is 0 Å². The Morgan fingerprint density at radius 1 is 0.466 bits per heavy atom. The predicted molar refractivity (Wildman–Crippen MR) is 246 cm³/mol. The molecule has 326 valence electrons. The molecule has 0 atom stereocenters. The smallest absolute Gasteiger partial charge is 0.233 e. The Balaban J connectivity index is 0.00000102.